The van der Waals surface area contributed by atoms with E-state index in [0.717, 1.165) is 20.0 Å². The third-order valence-electron chi connectivity index (χ3n) is 6.81. The summed E-state index contributed by atoms with van der Waals surface area (Å²) < 4.78 is 84.9. The molecule has 0 aliphatic carbocycles. The minimum absolute atomic E-state index is 0.0159. The lowest BCUT2D eigenvalue weighted by Gasteiger charge is -2.41. The summed E-state index contributed by atoms with van der Waals surface area (Å²) in [5, 5.41) is 3.40. The van der Waals surface area contributed by atoms with Gasteiger partial charge in [-0.2, -0.15) is 26.3 Å². The van der Waals surface area contributed by atoms with Crippen molar-refractivity contribution in [3.05, 3.63) is 34.9 Å². The zero-order valence-electron chi connectivity index (χ0n) is 20.2. The molecule has 36 heavy (non-hydrogen) atoms. The van der Waals surface area contributed by atoms with Crippen molar-refractivity contribution >= 4 is 12.0 Å². The van der Waals surface area contributed by atoms with Gasteiger partial charge in [-0.1, -0.05) is 6.92 Å². The number of piperidine rings is 1. The third-order valence-corrected chi connectivity index (χ3v) is 6.81. The van der Waals surface area contributed by atoms with Crippen LogP contribution in [0.3, 0.4) is 0 Å². The van der Waals surface area contributed by atoms with Gasteiger partial charge in [0.1, 0.15) is 0 Å². The van der Waals surface area contributed by atoms with Crippen molar-refractivity contribution in [2.75, 3.05) is 20.2 Å². The predicted molar refractivity (Wildman–Crippen MR) is 119 cm³/mol. The second-order valence-electron chi connectivity index (χ2n) is 9.40. The maximum Gasteiger partial charge on any atom is 0.416 e. The van der Waals surface area contributed by atoms with E-state index in [1.54, 1.807) is 4.90 Å². The number of rotatable bonds is 6. The Labute approximate surface area is 205 Å². The fourth-order valence-electron chi connectivity index (χ4n) is 4.98. The Kier molecular flexibility index (Phi) is 8.79. The molecule has 0 bridgehead atoms. The first-order valence-electron chi connectivity index (χ1n) is 12.0. The molecule has 2 aliphatic rings. The van der Waals surface area contributed by atoms with Gasteiger partial charge in [-0.15, -0.1) is 0 Å². The molecule has 2 aliphatic heterocycles. The molecule has 2 saturated heterocycles. The molecule has 2 heterocycles. The number of carbonyl (C=O) groups excluding carboxylic acids is 2. The van der Waals surface area contributed by atoms with Gasteiger partial charge in [-0.3, -0.25) is 4.79 Å². The summed E-state index contributed by atoms with van der Waals surface area (Å²) in [6.07, 6.45) is -7.35. The van der Waals surface area contributed by atoms with Crippen LogP contribution in [-0.4, -0.2) is 60.1 Å². The molecule has 6 nitrogen and oxygen atoms in total. The van der Waals surface area contributed by atoms with Gasteiger partial charge in [0.25, 0.3) is 0 Å². The van der Waals surface area contributed by atoms with Crippen LogP contribution in [0, 0.1) is 0 Å². The van der Waals surface area contributed by atoms with Gasteiger partial charge in [0.2, 0.25) is 5.91 Å². The Morgan fingerprint density at radius 3 is 2.06 bits per heavy atom. The fourth-order valence-corrected chi connectivity index (χ4v) is 4.98. The van der Waals surface area contributed by atoms with E-state index in [9.17, 15) is 35.9 Å². The lowest BCUT2D eigenvalue weighted by atomic mass is 9.89. The van der Waals surface area contributed by atoms with Crippen LogP contribution in [0.15, 0.2) is 18.2 Å². The van der Waals surface area contributed by atoms with E-state index in [2.05, 4.69) is 5.32 Å². The van der Waals surface area contributed by atoms with Gasteiger partial charge in [-0.05, 0) is 55.9 Å². The summed E-state index contributed by atoms with van der Waals surface area (Å²) in [6.45, 7) is 2.81. The average molecular weight is 524 g/mol. The molecule has 3 unspecified atom stereocenters. The van der Waals surface area contributed by atoms with Crippen molar-refractivity contribution in [2.24, 2.45) is 0 Å². The lowest BCUT2D eigenvalue weighted by Crippen LogP contribution is -2.54. The normalized spacial score (nSPS) is 23.0. The molecule has 12 heteroatoms. The summed E-state index contributed by atoms with van der Waals surface area (Å²) in [5.41, 5.74) is -3.19. The van der Waals surface area contributed by atoms with Crippen LogP contribution in [0.4, 0.5) is 31.1 Å². The maximum atomic E-state index is 13.3. The first kappa shape index (κ1) is 28.1. The highest BCUT2D eigenvalue weighted by atomic mass is 19.4. The fraction of sp³-hybridized carbons (Fsp3) is 0.667. The lowest BCUT2D eigenvalue weighted by molar-refractivity contribution is -0.143. The smallest absolute Gasteiger partial charge is 0.416 e. The molecule has 3 atom stereocenters. The molecule has 0 saturated carbocycles. The monoisotopic (exact) mass is 523 g/mol. The number of hydrogen-bond acceptors (Lipinski definition) is 4. The Hall–Kier alpha value is -2.50. The molecular formula is C24H31F6N3O3. The van der Waals surface area contributed by atoms with E-state index in [0.29, 0.717) is 44.5 Å². The van der Waals surface area contributed by atoms with Crippen molar-refractivity contribution in [3.8, 4) is 0 Å². The van der Waals surface area contributed by atoms with E-state index in [1.807, 2.05) is 6.92 Å². The number of nitrogens with one attached hydrogen (secondary N) is 1. The van der Waals surface area contributed by atoms with Crippen LogP contribution >= 0.6 is 0 Å². The molecule has 2 amide bonds. The molecule has 0 aromatic heterocycles. The topological polar surface area (TPSA) is 61.9 Å². The first-order chi connectivity index (χ1) is 16.8. The maximum absolute atomic E-state index is 13.3. The van der Waals surface area contributed by atoms with Crippen LogP contribution in [0.5, 0.6) is 0 Å². The van der Waals surface area contributed by atoms with E-state index >= 15 is 0 Å². The Bertz CT molecular complexity index is 898. The highest BCUT2D eigenvalue weighted by molar-refractivity contribution is 5.77. The molecule has 1 N–H and O–H groups in total. The summed E-state index contributed by atoms with van der Waals surface area (Å²) >= 11 is 0. The SMILES string of the molecule is CCC1CC(N(Cc2cc(C(F)(F)F)cc(C(F)(F)F)c2)C(=O)OC)CC(CC(=O)N2CCCC2)N1. The highest BCUT2D eigenvalue weighted by Gasteiger charge is 2.39. The summed E-state index contributed by atoms with van der Waals surface area (Å²) in [4.78, 5) is 28.3. The number of ether oxygens (including phenoxy) is 1. The van der Waals surface area contributed by atoms with Crippen molar-refractivity contribution in [1.29, 1.82) is 0 Å². The summed E-state index contributed by atoms with van der Waals surface area (Å²) in [6, 6.07) is 0.393. The van der Waals surface area contributed by atoms with Gasteiger partial charge in [0.15, 0.2) is 0 Å². The standard InChI is InChI=1S/C24H31F6N3O3/c1-3-18-11-20(12-19(31-18)13-21(34)32-6-4-5-7-32)33(22(35)36-2)14-15-8-16(23(25,26)27)10-17(9-15)24(28,29)30/h8-10,18-20,31H,3-7,11-14H2,1-2H3. The number of amides is 2. The molecule has 0 radical (unpaired) electrons. The molecule has 1 aromatic carbocycles. The van der Waals surface area contributed by atoms with E-state index in [4.69, 9.17) is 4.74 Å². The molecule has 1 aromatic rings. The van der Waals surface area contributed by atoms with Crippen LogP contribution in [0.2, 0.25) is 0 Å². The van der Waals surface area contributed by atoms with Crippen molar-refractivity contribution in [1.82, 2.24) is 15.1 Å². The largest absolute Gasteiger partial charge is 0.453 e. The van der Waals surface area contributed by atoms with Crippen LogP contribution in [-0.2, 0) is 28.4 Å². The van der Waals surface area contributed by atoms with Crippen LogP contribution < -0.4 is 5.32 Å². The van der Waals surface area contributed by atoms with Gasteiger partial charge in [0.05, 0.1) is 18.2 Å². The first-order valence-corrected chi connectivity index (χ1v) is 12.0. The number of benzene rings is 1. The number of halogens is 6. The van der Waals surface area contributed by atoms with E-state index in [-0.39, 0.29) is 36.0 Å². The van der Waals surface area contributed by atoms with E-state index in [1.165, 1.54) is 4.90 Å². The van der Waals surface area contributed by atoms with Crippen LogP contribution in [0.25, 0.3) is 0 Å². The second-order valence-corrected chi connectivity index (χ2v) is 9.40. The molecule has 3 rings (SSSR count). The van der Waals surface area contributed by atoms with Crippen LogP contribution in [0.1, 0.15) is 62.1 Å². The number of carbonyl (C=O) groups is 2. The van der Waals surface area contributed by atoms with Gasteiger partial charge in [-0.25, -0.2) is 4.79 Å². The Balaban J connectivity index is 1.87. The molecule has 202 valence electrons. The van der Waals surface area contributed by atoms with Gasteiger partial charge < -0.3 is 19.9 Å². The Morgan fingerprint density at radius 1 is 1.00 bits per heavy atom. The van der Waals surface area contributed by atoms with Gasteiger partial charge in [0, 0.05) is 44.2 Å². The number of nitrogens with zero attached hydrogens (tertiary/aromatic N) is 2. The summed E-state index contributed by atoms with van der Waals surface area (Å²) in [7, 11) is 1.11. The van der Waals surface area contributed by atoms with Gasteiger partial charge >= 0.3 is 18.4 Å². The highest BCUT2D eigenvalue weighted by Crippen LogP contribution is 2.37. The quantitative estimate of drug-likeness (QED) is 0.521. The summed E-state index contributed by atoms with van der Waals surface area (Å²) in [5.74, 6) is -0.0159. The minimum Gasteiger partial charge on any atom is -0.453 e. The predicted octanol–water partition coefficient (Wildman–Crippen LogP) is 5.20. The van der Waals surface area contributed by atoms with E-state index < -0.39 is 42.2 Å². The van der Waals surface area contributed by atoms with Crippen molar-refractivity contribution in [3.63, 3.8) is 0 Å². The zero-order valence-corrected chi connectivity index (χ0v) is 20.2. The molecule has 0 spiro atoms. The third kappa shape index (κ3) is 7.04. The molecular weight excluding hydrogens is 492 g/mol. The number of hydrogen-bond donors (Lipinski definition) is 1. The number of likely N-dealkylation sites (tertiary alicyclic amines) is 1. The molecule has 2 fully saturated rings. The average Bonchev–Trinajstić information content (AvgIpc) is 3.35. The van der Waals surface area contributed by atoms with Crippen molar-refractivity contribution < 1.29 is 40.7 Å². The minimum atomic E-state index is -4.99. The van der Waals surface area contributed by atoms with Crippen molar-refractivity contribution in [2.45, 2.75) is 82.5 Å². The second kappa shape index (κ2) is 11.3. The Morgan fingerprint density at radius 2 is 1.56 bits per heavy atom. The zero-order chi connectivity index (χ0) is 26.7. The number of methoxy groups -OCH3 is 1. The number of alkyl halides is 6.